The Bertz CT molecular complexity index is 773. The van der Waals surface area contributed by atoms with E-state index in [4.69, 9.17) is 10.1 Å². The van der Waals surface area contributed by atoms with Crippen LogP contribution in [0.5, 0.6) is 0 Å². The predicted molar refractivity (Wildman–Crippen MR) is 117 cm³/mol. The predicted octanol–water partition coefficient (Wildman–Crippen LogP) is 2.91. The van der Waals surface area contributed by atoms with Crippen molar-refractivity contribution >= 4 is 21.7 Å². The summed E-state index contributed by atoms with van der Waals surface area (Å²) in [5.41, 5.74) is 0.738. The molecule has 0 spiro atoms. The van der Waals surface area contributed by atoms with E-state index in [1.165, 1.54) is 19.3 Å². The molecule has 1 heterocycles. The number of nitriles is 1. The molecule has 1 aliphatic rings. The molecule has 30 heavy (non-hydrogen) atoms. The minimum absolute atomic E-state index is 0.0603. The zero-order valence-electron chi connectivity index (χ0n) is 17.3. The van der Waals surface area contributed by atoms with E-state index in [-0.39, 0.29) is 5.75 Å². The van der Waals surface area contributed by atoms with Crippen molar-refractivity contribution in [3.63, 3.8) is 0 Å². The van der Waals surface area contributed by atoms with Crippen LogP contribution >= 0.6 is 0 Å². The summed E-state index contributed by atoms with van der Waals surface area (Å²) < 4.78 is 24.0. The maximum absolute atomic E-state index is 12.0. The molecular formula is C20H32N6O3S. The monoisotopic (exact) mass is 436 g/mol. The van der Waals surface area contributed by atoms with Gasteiger partial charge >= 0.3 is 0 Å². The lowest BCUT2D eigenvalue weighted by Gasteiger charge is -2.20. The largest absolute Gasteiger partial charge is 0.324 e. The van der Waals surface area contributed by atoms with Crippen molar-refractivity contribution in [3.05, 3.63) is 24.5 Å². The summed E-state index contributed by atoms with van der Waals surface area (Å²) >= 11 is 0. The molecule has 3 N–H and O–H groups in total. The van der Waals surface area contributed by atoms with Crippen LogP contribution in [0.2, 0.25) is 0 Å². The number of sulfonamides is 1. The van der Waals surface area contributed by atoms with Crippen LogP contribution < -0.4 is 15.5 Å². The maximum Gasteiger partial charge on any atom is 0.233 e. The topological polar surface area (TPSA) is 128 Å². The van der Waals surface area contributed by atoms with Gasteiger partial charge < -0.3 is 5.32 Å². The minimum atomic E-state index is -3.39. The molecule has 0 bridgehead atoms. The van der Waals surface area contributed by atoms with Gasteiger partial charge in [-0.25, -0.2) is 8.42 Å². The smallest absolute Gasteiger partial charge is 0.233 e. The molecule has 0 unspecified atom stereocenters. The van der Waals surface area contributed by atoms with Gasteiger partial charge in [-0.1, -0.05) is 37.0 Å². The van der Waals surface area contributed by atoms with Gasteiger partial charge in [0.2, 0.25) is 16.0 Å². The Labute approximate surface area is 179 Å². The van der Waals surface area contributed by atoms with E-state index in [0.717, 1.165) is 37.8 Å². The van der Waals surface area contributed by atoms with Crippen molar-refractivity contribution in [2.24, 2.45) is 10.9 Å². The van der Waals surface area contributed by atoms with Crippen molar-refractivity contribution in [2.75, 3.05) is 24.2 Å². The van der Waals surface area contributed by atoms with E-state index in [9.17, 15) is 8.42 Å². The van der Waals surface area contributed by atoms with Crippen LogP contribution in [-0.2, 0) is 14.9 Å². The highest BCUT2D eigenvalue weighted by Gasteiger charge is 2.15. The quantitative estimate of drug-likeness (QED) is 0.115. The average Bonchev–Trinajstić information content (AvgIpc) is 2.74. The molecule has 0 aliphatic heterocycles. The molecule has 0 radical (unpaired) electrons. The standard InChI is InChI=1S/C20H32N6O3S/c21-17-24-20(25-19-11-8-12-22-15-19)23-13-6-1-2-7-14-30(27,28)26-29-16-18-9-4-3-5-10-18/h8,11-12,15,18,26H,1-7,9-10,13-14,16H2,(H2,23,24,25). The van der Waals surface area contributed by atoms with E-state index < -0.39 is 10.0 Å². The second kappa shape index (κ2) is 13.9. The highest BCUT2D eigenvalue weighted by atomic mass is 32.2. The van der Waals surface area contributed by atoms with Gasteiger partial charge in [-0.05, 0) is 43.7 Å². The average molecular weight is 437 g/mol. The molecule has 0 saturated heterocycles. The van der Waals surface area contributed by atoms with E-state index in [1.54, 1.807) is 18.5 Å². The Morgan fingerprint density at radius 1 is 1.23 bits per heavy atom. The van der Waals surface area contributed by atoms with Gasteiger partial charge in [-0.15, -0.1) is 0 Å². The third-order valence-corrected chi connectivity index (χ3v) is 6.12. The van der Waals surface area contributed by atoms with Crippen molar-refractivity contribution in [3.8, 4) is 6.19 Å². The lowest BCUT2D eigenvalue weighted by molar-refractivity contribution is 0.0519. The summed E-state index contributed by atoms with van der Waals surface area (Å²) in [5.74, 6) is 0.896. The number of hydrogen-bond acceptors (Lipinski definition) is 6. The molecule has 1 aromatic heterocycles. The lowest BCUT2D eigenvalue weighted by atomic mass is 9.90. The SMILES string of the molecule is N#CNC(=NCCCCCCS(=O)(=O)NOCC1CCCCC1)Nc1cccnc1. The van der Waals surface area contributed by atoms with Crippen LogP contribution in [-0.4, -0.2) is 38.3 Å². The van der Waals surface area contributed by atoms with Crippen molar-refractivity contribution in [2.45, 2.75) is 57.8 Å². The number of nitrogens with one attached hydrogen (secondary N) is 3. The molecule has 2 rings (SSSR count). The van der Waals surface area contributed by atoms with Gasteiger partial charge in [0.15, 0.2) is 6.19 Å². The van der Waals surface area contributed by atoms with Crippen molar-refractivity contribution < 1.29 is 13.3 Å². The zero-order valence-corrected chi connectivity index (χ0v) is 18.2. The Morgan fingerprint density at radius 3 is 2.77 bits per heavy atom. The molecule has 0 atom stereocenters. The fourth-order valence-corrected chi connectivity index (χ4v) is 4.24. The van der Waals surface area contributed by atoms with Crippen LogP contribution in [0, 0.1) is 17.4 Å². The summed E-state index contributed by atoms with van der Waals surface area (Å²) in [5, 5.41) is 14.3. The first-order valence-corrected chi connectivity index (χ1v) is 12.2. The number of aromatic nitrogens is 1. The number of rotatable bonds is 12. The molecule has 1 aliphatic carbocycles. The van der Waals surface area contributed by atoms with Gasteiger partial charge in [-0.2, -0.15) is 5.26 Å². The number of anilines is 1. The zero-order chi connectivity index (χ0) is 21.5. The van der Waals surface area contributed by atoms with Crippen LogP contribution in [0.3, 0.4) is 0 Å². The third-order valence-electron chi connectivity index (χ3n) is 4.92. The normalized spacial score (nSPS) is 15.5. The van der Waals surface area contributed by atoms with Gasteiger partial charge in [-0.3, -0.25) is 20.1 Å². The maximum atomic E-state index is 12.0. The van der Waals surface area contributed by atoms with Crippen LogP contribution in [0.25, 0.3) is 0 Å². The van der Waals surface area contributed by atoms with E-state index in [1.807, 2.05) is 12.3 Å². The third kappa shape index (κ3) is 10.5. The van der Waals surface area contributed by atoms with Crippen LogP contribution in [0.1, 0.15) is 57.8 Å². The number of unbranched alkanes of at least 4 members (excludes halogenated alkanes) is 3. The van der Waals surface area contributed by atoms with E-state index in [2.05, 4.69) is 25.5 Å². The number of guanidine groups is 1. The van der Waals surface area contributed by atoms with E-state index >= 15 is 0 Å². The lowest BCUT2D eigenvalue weighted by Crippen LogP contribution is -2.29. The van der Waals surface area contributed by atoms with E-state index in [0.29, 0.717) is 31.4 Å². The molecule has 0 amide bonds. The minimum Gasteiger partial charge on any atom is -0.324 e. The molecule has 1 fully saturated rings. The first-order chi connectivity index (χ1) is 14.6. The molecule has 10 heteroatoms. The summed E-state index contributed by atoms with van der Waals surface area (Å²) in [6.45, 7) is 0.996. The second-order valence-corrected chi connectivity index (χ2v) is 9.27. The fourth-order valence-electron chi connectivity index (χ4n) is 3.32. The van der Waals surface area contributed by atoms with Gasteiger partial charge in [0.05, 0.1) is 24.2 Å². The highest BCUT2D eigenvalue weighted by Crippen LogP contribution is 2.23. The molecular weight excluding hydrogens is 404 g/mol. The van der Waals surface area contributed by atoms with Crippen LogP contribution in [0.4, 0.5) is 5.69 Å². The Hall–Kier alpha value is -2.22. The summed E-state index contributed by atoms with van der Waals surface area (Å²) in [4.78, 5) is 15.8. The first-order valence-electron chi connectivity index (χ1n) is 10.6. The number of aliphatic imine (C=N–C) groups is 1. The Morgan fingerprint density at radius 2 is 2.03 bits per heavy atom. The number of pyridine rings is 1. The Balaban J connectivity index is 1.56. The second-order valence-electron chi connectivity index (χ2n) is 7.47. The Kier molecular flexibility index (Phi) is 11.1. The molecule has 166 valence electrons. The summed E-state index contributed by atoms with van der Waals surface area (Å²) in [7, 11) is -3.39. The van der Waals surface area contributed by atoms with Gasteiger partial charge in [0.25, 0.3) is 0 Å². The molecule has 0 aromatic carbocycles. The fraction of sp³-hybridized carbons (Fsp3) is 0.650. The molecule has 1 saturated carbocycles. The summed E-state index contributed by atoms with van der Waals surface area (Å²) in [6, 6.07) is 3.62. The highest BCUT2D eigenvalue weighted by molar-refractivity contribution is 7.89. The first kappa shape index (κ1) is 24.1. The molecule has 1 aromatic rings. The van der Waals surface area contributed by atoms with Crippen molar-refractivity contribution in [1.82, 2.24) is 15.2 Å². The van der Waals surface area contributed by atoms with Crippen molar-refractivity contribution in [1.29, 1.82) is 5.26 Å². The molecule has 9 nitrogen and oxygen atoms in total. The number of hydrogen-bond donors (Lipinski definition) is 3. The number of nitrogens with zero attached hydrogens (tertiary/aromatic N) is 3. The van der Waals surface area contributed by atoms with Gasteiger partial charge in [0, 0.05) is 12.7 Å². The summed E-state index contributed by atoms with van der Waals surface area (Å²) in [6.07, 6.45) is 14.1. The van der Waals surface area contributed by atoms with Gasteiger partial charge in [0.1, 0.15) is 0 Å². The van der Waals surface area contributed by atoms with Crippen LogP contribution in [0.15, 0.2) is 29.5 Å².